The molecular weight excluding hydrogens is 381 g/mol. The highest BCUT2D eigenvalue weighted by Crippen LogP contribution is 2.36. The van der Waals surface area contributed by atoms with Crippen molar-refractivity contribution in [3.63, 3.8) is 0 Å². The van der Waals surface area contributed by atoms with Gasteiger partial charge in [-0.15, -0.1) is 0 Å². The summed E-state index contributed by atoms with van der Waals surface area (Å²) in [5.41, 5.74) is 1.14. The molecule has 2 aromatic rings. The number of hydrogen-bond donors (Lipinski definition) is 0. The molecule has 0 bridgehead atoms. The number of rotatable bonds is 8. The van der Waals surface area contributed by atoms with Gasteiger partial charge in [-0.3, -0.25) is 0 Å². The van der Waals surface area contributed by atoms with Gasteiger partial charge in [-0.1, -0.05) is 18.2 Å². The van der Waals surface area contributed by atoms with Crippen LogP contribution in [0.4, 0.5) is 13.2 Å². The van der Waals surface area contributed by atoms with E-state index in [0.717, 1.165) is 12.8 Å². The van der Waals surface area contributed by atoms with E-state index < -0.39 is 11.6 Å². The third-order valence-corrected chi connectivity index (χ3v) is 5.50. The molecule has 0 unspecified atom stereocenters. The lowest BCUT2D eigenvalue weighted by Gasteiger charge is -2.29. The fraction of sp³-hybridized carbons (Fsp3) is 0.478. The molecule has 0 heterocycles. The SMILES string of the molecule is CCOCc1ccc(C2CCC(OCc3ccc(OC)cc3F)CC2)c(F)c1F. The normalized spacial score (nSPS) is 19.3. The van der Waals surface area contributed by atoms with Crippen LogP contribution in [0.2, 0.25) is 0 Å². The minimum Gasteiger partial charge on any atom is -0.497 e. The third kappa shape index (κ3) is 5.31. The van der Waals surface area contributed by atoms with Gasteiger partial charge in [-0.05, 0) is 50.2 Å². The number of benzene rings is 2. The van der Waals surface area contributed by atoms with E-state index in [2.05, 4.69) is 0 Å². The average molecular weight is 408 g/mol. The molecule has 0 amide bonds. The molecule has 0 atom stereocenters. The summed E-state index contributed by atoms with van der Waals surface area (Å²) in [7, 11) is 1.49. The second-order valence-electron chi connectivity index (χ2n) is 7.32. The molecule has 0 spiro atoms. The van der Waals surface area contributed by atoms with Crippen molar-refractivity contribution in [2.45, 2.75) is 57.8 Å². The zero-order valence-corrected chi connectivity index (χ0v) is 16.8. The summed E-state index contributed by atoms with van der Waals surface area (Å²) in [5, 5.41) is 0. The van der Waals surface area contributed by atoms with Gasteiger partial charge < -0.3 is 14.2 Å². The van der Waals surface area contributed by atoms with Crippen molar-refractivity contribution in [1.82, 2.24) is 0 Å². The molecular formula is C23H27F3O3. The van der Waals surface area contributed by atoms with E-state index in [1.165, 1.54) is 13.2 Å². The Hall–Kier alpha value is -2.05. The van der Waals surface area contributed by atoms with Crippen molar-refractivity contribution >= 4 is 0 Å². The van der Waals surface area contributed by atoms with Crippen molar-refractivity contribution in [3.8, 4) is 5.75 Å². The van der Waals surface area contributed by atoms with E-state index >= 15 is 0 Å². The van der Waals surface area contributed by atoms with Gasteiger partial charge in [-0.25, -0.2) is 13.2 Å². The average Bonchev–Trinajstić information content (AvgIpc) is 2.74. The van der Waals surface area contributed by atoms with Crippen LogP contribution in [0, 0.1) is 17.5 Å². The second kappa shape index (κ2) is 10.1. The quantitative estimate of drug-likeness (QED) is 0.545. The summed E-state index contributed by atoms with van der Waals surface area (Å²) < 4.78 is 58.9. The zero-order chi connectivity index (χ0) is 20.8. The van der Waals surface area contributed by atoms with E-state index in [4.69, 9.17) is 14.2 Å². The highest BCUT2D eigenvalue weighted by Gasteiger charge is 2.27. The first-order valence-corrected chi connectivity index (χ1v) is 10.0. The van der Waals surface area contributed by atoms with Crippen molar-refractivity contribution in [2.24, 2.45) is 0 Å². The summed E-state index contributed by atoms with van der Waals surface area (Å²) in [6.45, 7) is 2.52. The Morgan fingerprint density at radius 1 is 0.897 bits per heavy atom. The molecule has 0 aromatic heterocycles. The van der Waals surface area contributed by atoms with Gasteiger partial charge in [0.1, 0.15) is 11.6 Å². The molecule has 0 radical (unpaired) electrons. The Morgan fingerprint density at radius 3 is 2.28 bits per heavy atom. The Labute approximate surface area is 169 Å². The predicted octanol–water partition coefficient (Wildman–Crippen LogP) is 5.89. The summed E-state index contributed by atoms with van der Waals surface area (Å²) in [6, 6.07) is 7.97. The molecule has 1 fully saturated rings. The number of hydrogen-bond acceptors (Lipinski definition) is 3. The lowest BCUT2D eigenvalue weighted by molar-refractivity contribution is 0.0118. The molecule has 0 saturated heterocycles. The summed E-state index contributed by atoms with van der Waals surface area (Å²) in [6.07, 6.45) is 2.85. The Balaban J connectivity index is 1.55. The van der Waals surface area contributed by atoms with E-state index in [0.29, 0.717) is 36.3 Å². The Morgan fingerprint density at radius 2 is 1.62 bits per heavy atom. The molecule has 6 heteroatoms. The minimum absolute atomic E-state index is 0.0158. The molecule has 2 aromatic carbocycles. The van der Waals surface area contributed by atoms with Crippen molar-refractivity contribution in [1.29, 1.82) is 0 Å². The smallest absolute Gasteiger partial charge is 0.164 e. The maximum atomic E-state index is 14.5. The molecule has 0 N–H and O–H groups in total. The van der Waals surface area contributed by atoms with Crippen molar-refractivity contribution < 1.29 is 27.4 Å². The first kappa shape index (κ1) is 21.7. The maximum absolute atomic E-state index is 14.5. The largest absolute Gasteiger partial charge is 0.497 e. The van der Waals surface area contributed by atoms with Crippen LogP contribution in [0.25, 0.3) is 0 Å². The summed E-state index contributed by atoms with van der Waals surface area (Å²) in [5.74, 6) is -1.52. The molecule has 3 rings (SSSR count). The topological polar surface area (TPSA) is 27.7 Å². The fourth-order valence-electron chi connectivity index (χ4n) is 3.76. The lowest BCUT2D eigenvalue weighted by atomic mass is 9.82. The van der Waals surface area contributed by atoms with Crippen molar-refractivity contribution in [2.75, 3.05) is 13.7 Å². The molecule has 29 heavy (non-hydrogen) atoms. The van der Waals surface area contributed by atoms with Crippen LogP contribution in [-0.2, 0) is 22.7 Å². The van der Waals surface area contributed by atoms with Crippen LogP contribution in [-0.4, -0.2) is 19.8 Å². The standard InChI is InChI=1S/C23H27F3O3/c1-3-28-13-17-7-11-20(23(26)22(17)25)15-4-8-18(9-5-15)29-14-16-6-10-19(27-2)12-21(16)24/h6-7,10-12,15,18H,3-5,8-9,13-14H2,1-2H3. The highest BCUT2D eigenvalue weighted by molar-refractivity contribution is 5.30. The van der Waals surface area contributed by atoms with Gasteiger partial charge >= 0.3 is 0 Å². The number of halogens is 3. The number of ether oxygens (including phenoxy) is 3. The van der Waals surface area contributed by atoms with Crippen LogP contribution >= 0.6 is 0 Å². The van der Waals surface area contributed by atoms with Gasteiger partial charge in [0.25, 0.3) is 0 Å². The summed E-state index contributed by atoms with van der Waals surface area (Å²) >= 11 is 0. The highest BCUT2D eigenvalue weighted by atomic mass is 19.2. The summed E-state index contributed by atoms with van der Waals surface area (Å²) in [4.78, 5) is 0. The zero-order valence-electron chi connectivity index (χ0n) is 16.8. The third-order valence-electron chi connectivity index (χ3n) is 5.50. The molecule has 0 aliphatic heterocycles. The van der Waals surface area contributed by atoms with Crippen LogP contribution in [0.1, 0.15) is 55.2 Å². The molecule has 3 nitrogen and oxygen atoms in total. The van der Waals surface area contributed by atoms with Crippen LogP contribution in [0.15, 0.2) is 30.3 Å². The van der Waals surface area contributed by atoms with Gasteiger partial charge in [0.05, 0.1) is 26.4 Å². The first-order chi connectivity index (χ1) is 14.0. The molecule has 1 aliphatic carbocycles. The van der Waals surface area contributed by atoms with Gasteiger partial charge in [0.15, 0.2) is 11.6 Å². The fourth-order valence-corrected chi connectivity index (χ4v) is 3.76. The Bertz CT molecular complexity index is 817. The van der Waals surface area contributed by atoms with E-state index in [9.17, 15) is 13.2 Å². The predicted molar refractivity (Wildman–Crippen MR) is 104 cm³/mol. The Kier molecular flexibility index (Phi) is 7.56. The molecule has 158 valence electrons. The van der Waals surface area contributed by atoms with Crippen LogP contribution < -0.4 is 4.74 Å². The molecule has 1 aliphatic rings. The van der Waals surface area contributed by atoms with Crippen LogP contribution in [0.3, 0.4) is 0 Å². The van der Waals surface area contributed by atoms with E-state index in [1.54, 1.807) is 24.3 Å². The maximum Gasteiger partial charge on any atom is 0.164 e. The second-order valence-corrected chi connectivity index (χ2v) is 7.32. The lowest BCUT2D eigenvalue weighted by Crippen LogP contribution is -2.21. The van der Waals surface area contributed by atoms with Gasteiger partial charge in [0.2, 0.25) is 0 Å². The van der Waals surface area contributed by atoms with E-state index in [1.807, 2.05) is 6.92 Å². The monoisotopic (exact) mass is 408 g/mol. The van der Waals surface area contributed by atoms with Gasteiger partial charge in [0, 0.05) is 23.8 Å². The van der Waals surface area contributed by atoms with Gasteiger partial charge in [-0.2, -0.15) is 0 Å². The van der Waals surface area contributed by atoms with Crippen molar-refractivity contribution in [3.05, 3.63) is 64.5 Å². The molecule has 1 saturated carbocycles. The number of methoxy groups -OCH3 is 1. The van der Waals surface area contributed by atoms with E-state index in [-0.39, 0.29) is 36.6 Å². The van der Waals surface area contributed by atoms with Crippen LogP contribution in [0.5, 0.6) is 5.75 Å². The minimum atomic E-state index is -0.815. The first-order valence-electron chi connectivity index (χ1n) is 10.0.